The van der Waals surface area contributed by atoms with E-state index in [4.69, 9.17) is 4.74 Å². The van der Waals surface area contributed by atoms with Crippen molar-refractivity contribution in [3.8, 4) is 17.2 Å². The predicted molar refractivity (Wildman–Crippen MR) is 80.1 cm³/mol. The number of phenols is 2. The van der Waals surface area contributed by atoms with E-state index in [1.54, 1.807) is 12.1 Å². The first-order valence-electron chi connectivity index (χ1n) is 6.51. The van der Waals surface area contributed by atoms with Gasteiger partial charge in [0.05, 0.1) is 7.11 Å². The van der Waals surface area contributed by atoms with Crippen LogP contribution < -0.4 is 4.74 Å². The molecule has 0 aliphatic rings. The molecule has 0 amide bonds. The molecule has 3 heteroatoms. The fraction of sp³-hybridized carbons (Fsp3) is 0.176. The number of aryl methyl sites for hydroxylation is 1. The molecule has 0 saturated heterocycles. The number of rotatable bonds is 5. The maximum absolute atomic E-state index is 9.93. The monoisotopic (exact) mass is 270 g/mol. The zero-order valence-electron chi connectivity index (χ0n) is 11.4. The summed E-state index contributed by atoms with van der Waals surface area (Å²) in [7, 11) is 1.53. The number of phenolic OH excluding ortho intramolecular Hbond substituents is 2. The Labute approximate surface area is 118 Å². The quantitative estimate of drug-likeness (QED) is 0.870. The zero-order valence-corrected chi connectivity index (χ0v) is 11.4. The predicted octanol–water partition coefficient (Wildman–Crippen LogP) is 3.75. The molecule has 3 nitrogen and oxygen atoms in total. The van der Waals surface area contributed by atoms with Crippen molar-refractivity contribution in [2.75, 3.05) is 7.11 Å². The summed E-state index contributed by atoms with van der Waals surface area (Å²) in [4.78, 5) is 0. The highest BCUT2D eigenvalue weighted by molar-refractivity contribution is 5.61. The van der Waals surface area contributed by atoms with Gasteiger partial charge in [-0.05, 0) is 30.5 Å². The second-order valence-corrected chi connectivity index (χ2v) is 4.47. The average Bonchev–Trinajstić information content (AvgIpc) is 2.47. The Morgan fingerprint density at radius 3 is 2.60 bits per heavy atom. The Kier molecular flexibility index (Phi) is 4.66. The lowest BCUT2D eigenvalue weighted by atomic mass is 10.1. The Bertz CT molecular complexity index is 603. The first-order valence-corrected chi connectivity index (χ1v) is 6.51. The van der Waals surface area contributed by atoms with Crippen LogP contribution in [-0.4, -0.2) is 17.3 Å². The molecule has 2 N–H and O–H groups in total. The number of benzene rings is 2. The lowest BCUT2D eigenvalue weighted by Crippen LogP contribution is -1.86. The number of hydrogen-bond donors (Lipinski definition) is 2. The van der Waals surface area contributed by atoms with Crippen molar-refractivity contribution in [1.82, 2.24) is 0 Å². The number of ether oxygens (including phenoxy) is 1. The van der Waals surface area contributed by atoms with Crippen LogP contribution >= 0.6 is 0 Å². The molecule has 20 heavy (non-hydrogen) atoms. The summed E-state index contributed by atoms with van der Waals surface area (Å²) in [5.74, 6) is 0.937. The average molecular weight is 270 g/mol. The van der Waals surface area contributed by atoms with Gasteiger partial charge in [0.15, 0.2) is 11.5 Å². The number of allylic oxidation sites excluding steroid dienone is 1. The summed E-state index contributed by atoms with van der Waals surface area (Å²) >= 11 is 0. The highest BCUT2D eigenvalue weighted by Gasteiger charge is 2.03. The molecule has 0 radical (unpaired) electrons. The van der Waals surface area contributed by atoms with Gasteiger partial charge in [0.25, 0.3) is 0 Å². The molecule has 0 fully saturated rings. The molecular weight excluding hydrogens is 252 g/mol. The van der Waals surface area contributed by atoms with Crippen LogP contribution in [0.1, 0.15) is 17.5 Å². The molecule has 0 aromatic heterocycles. The summed E-state index contributed by atoms with van der Waals surface area (Å²) in [5.41, 5.74) is 1.65. The third kappa shape index (κ3) is 3.32. The summed E-state index contributed by atoms with van der Waals surface area (Å²) in [6.07, 6.45) is 5.38. The van der Waals surface area contributed by atoms with E-state index < -0.39 is 0 Å². The Balaban J connectivity index is 1.99. The Morgan fingerprint density at radius 2 is 1.85 bits per heavy atom. The molecule has 2 rings (SSSR count). The lowest BCUT2D eigenvalue weighted by molar-refractivity contribution is 0.373. The van der Waals surface area contributed by atoms with Gasteiger partial charge in [-0.2, -0.15) is 0 Å². The normalized spacial score (nSPS) is 10.8. The second-order valence-electron chi connectivity index (χ2n) is 4.47. The maximum Gasteiger partial charge on any atom is 0.165 e. The van der Waals surface area contributed by atoms with Gasteiger partial charge in [0.2, 0.25) is 0 Å². The van der Waals surface area contributed by atoms with E-state index in [1.165, 1.54) is 7.11 Å². The molecule has 0 heterocycles. The lowest BCUT2D eigenvalue weighted by Gasteiger charge is -2.05. The van der Waals surface area contributed by atoms with Crippen molar-refractivity contribution < 1.29 is 14.9 Å². The van der Waals surface area contributed by atoms with Crippen LogP contribution in [0.15, 0.2) is 48.5 Å². The maximum atomic E-state index is 9.93. The minimum atomic E-state index is 0.147. The Hall–Kier alpha value is -2.42. The van der Waals surface area contributed by atoms with E-state index in [1.807, 2.05) is 42.5 Å². The van der Waals surface area contributed by atoms with Gasteiger partial charge in [-0.3, -0.25) is 0 Å². The van der Waals surface area contributed by atoms with Crippen LogP contribution in [0.5, 0.6) is 17.2 Å². The number of hydrogen-bond acceptors (Lipinski definition) is 3. The summed E-state index contributed by atoms with van der Waals surface area (Å²) in [6, 6.07) is 12.7. The standard InChI is InChI=1S/C17H18O3/c1-20-16-12-6-10-14(17(16)19)9-3-2-7-13-8-4-5-11-15(13)18/h3-6,8-12,18-19H,2,7H2,1H3/b9-3+. The minimum absolute atomic E-state index is 0.147. The van der Waals surface area contributed by atoms with E-state index in [9.17, 15) is 10.2 Å². The van der Waals surface area contributed by atoms with Crippen molar-refractivity contribution >= 4 is 6.08 Å². The van der Waals surface area contributed by atoms with Crippen molar-refractivity contribution in [3.05, 3.63) is 59.7 Å². The number of aromatic hydroxyl groups is 2. The zero-order chi connectivity index (χ0) is 14.4. The molecule has 0 saturated carbocycles. The van der Waals surface area contributed by atoms with Crippen LogP contribution in [-0.2, 0) is 6.42 Å². The molecule has 0 aliphatic heterocycles. The highest BCUT2D eigenvalue weighted by atomic mass is 16.5. The van der Waals surface area contributed by atoms with Gasteiger partial charge in [-0.1, -0.05) is 42.5 Å². The number of methoxy groups -OCH3 is 1. The van der Waals surface area contributed by atoms with E-state index in [0.29, 0.717) is 11.5 Å². The topological polar surface area (TPSA) is 49.7 Å². The van der Waals surface area contributed by atoms with Crippen LogP contribution in [0.25, 0.3) is 6.08 Å². The fourth-order valence-corrected chi connectivity index (χ4v) is 2.01. The number of para-hydroxylation sites is 2. The van der Waals surface area contributed by atoms with Crippen LogP contribution in [0, 0.1) is 0 Å². The fourth-order valence-electron chi connectivity index (χ4n) is 2.01. The van der Waals surface area contributed by atoms with Crippen molar-refractivity contribution in [2.45, 2.75) is 12.8 Å². The smallest absolute Gasteiger partial charge is 0.165 e. The second kappa shape index (κ2) is 6.66. The summed E-state index contributed by atoms with van der Waals surface area (Å²) in [6.45, 7) is 0. The van der Waals surface area contributed by atoms with E-state index >= 15 is 0 Å². The molecule has 104 valence electrons. The Morgan fingerprint density at radius 1 is 1.05 bits per heavy atom. The van der Waals surface area contributed by atoms with E-state index in [0.717, 1.165) is 24.0 Å². The first kappa shape index (κ1) is 14.0. The third-order valence-electron chi connectivity index (χ3n) is 3.12. The largest absolute Gasteiger partial charge is 0.508 e. The first-order chi connectivity index (χ1) is 9.72. The molecule has 2 aromatic rings. The van der Waals surface area contributed by atoms with Crippen molar-refractivity contribution in [3.63, 3.8) is 0 Å². The SMILES string of the molecule is COc1cccc(/C=C/CCc2ccccc2O)c1O. The molecular formula is C17H18O3. The minimum Gasteiger partial charge on any atom is -0.508 e. The van der Waals surface area contributed by atoms with Gasteiger partial charge in [-0.15, -0.1) is 0 Å². The molecule has 0 spiro atoms. The van der Waals surface area contributed by atoms with Gasteiger partial charge >= 0.3 is 0 Å². The van der Waals surface area contributed by atoms with Crippen molar-refractivity contribution in [2.24, 2.45) is 0 Å². The van der Waals surface area contributed by atoms with E-state index in [-0.39, 0.29) is 5.75 Å². The van der Waals surface area contributed by atoms with Gasteiger partial charge in [-0.25, -0.2) is 0 Å². The molecule has 0 bridgehead atoms. The van der Waals surface area contributed by atoms with Crippen LogP contribution in [0.3, 0.4) is 0 Å². The molecule has 2 aromatic carbocycles. The van der Waals surface area contributed by atoms with E-state index in [2.05, 4.69) is 0 Å². The van der Waals surface area contributed by atoms with Crippen LogP contribution in [0.2, 0.25) is 0 Å². The van der Waals surface area contributed by atoms with Crippen molar-refractivity contribution in [1.29, 1.82) is 0 Å². The molecule has 0 unspecified atom stereocenters. The third-order valence-corrected chi connectivity index (χ3v) is 3.12. The summed E-state index contributed by atoms with van der Waals surface area (Å²) < 4.78 is 5.06. The highest BCUT2D eigenvalue weighted by Crippen LogP contribution is 2.30. The molecule has 0 atom stereocenters. The summed E-state index contributed by atoms with van der Waals surface area (Å²) in [5, 5.41) is 19.6. The van der Waals surface area contributed by atoms with Gasteiger partial charge in [0, 0.05) is 5.56 Å². The van der Waals surface area contributed by atoms with Gasteiger partial charge in [0.1, 0.15) is 5.75 Å². The van der Waals surface area contributed by atoms with Crippen LogP contribution in [0.4, 0.5) is 0 Å². The van der Waals surface area contributed by atoms with Gasteiger partial charge < -0.3 is 14.9 Å². The molecule has 0 aliphatic carbocycles.